The number of aromatic nitrogens is 2. The van der Waals surface area contributed by atoms with E-state index < -0.39 is 0 Å². The highest BCUT2D eigenvalue weighted by molar-refractivity contribution is 7.15. The van der Waals surface area contributed by atoms with Gasteiger partial charge in [-0.25, -0.2) is 4.79 Å². The standard InChI is InChI=1S/C16H27N5O2S/c1-5-11(6-2)14-18-19-15(24-14)17-13(22)12-8-7-9-21(10-12)16(23)20(3)4/h11-12H,5-10H2,1-4H3,(H,17,19,22)/t12-/m0/s1. The zero-order valence-electron chi connectivity index (χ0n) is 14.9. The first-order valence-electron chi connectivity index (χ1n) is 8.56. The Bertz CT molecular complexity index is 571. The van der Waals surface area contributed by atoms with Crippen LogP contribution in [0.15, 0.2) is 0 Å². The molecule has 1 N–H and O–H groups in total. The Morgan fingerprint density at radius 1 is 1.33 bits per heavy atom. The molecule has 1 saturated heterocycles. The Morgan fingerprint density at radius 3 is 2.67 bits per heavy atom. The number of amides is 3. The molecule has 0 spiro atoms. The van der Waals surface area contributed by atoms with Crippen molar-refractivity contribution in [2.45, 2.75) is 45.4 Å². The van der Waals surface area contributed by atoms with Gasteiger partial charge < -0.3 is 15.1 Å². The first-order valence-corrected chi connectivity index (χ1v) is 9.38. The van der Waals surface area contributed by atoms with Gasteiger partial charge in [0, 0.05) is 33.1 Å². The van der Waals surface area contributed by atoms with Crippen molar-refractivity contribution in [3.63, 3.8) is 0 Å². The molecule has 8 heteroatoms. The molecule has 0 aliphatic carbocycles. The van der Waals surface area contributed by atoms with Crippen molar-refractivity contribution >= 4 is 28.4 Å². The highest BCUT2D eigenvalue weighted by atomic mass is 32.1. The SMILES string of the molecule is CCC(CC)c1nnc(NC(=O)[C@H]2CCCN(C(=O)N(C)C)C2)s1. The lowest BCUT2D eigenvalue weighted by atomic mass is 9.97. The van der Waals surface area contributed by atoms with E-state index in [2.05, 4.69) is 29.4 Å². The number of anilines is 1. The van der Waals surface area contributed by atoms with Crippen LogP contribution in [0.3, 0.4) is 0 Å². The van der Waals surface area contributed by atoms with Crippen LogP contribution in [0.2, 0.25) is 0 Å². The molecule has 2 rings (SSSR count). The third-order valence-corrected chi connectivity index (χ3v) is 5.45. The molecular weight excluding hydrogens is 326 g/mol. The number of urea groups is 1. The first-order chi connectivity index (χ1) is 11.5. The average Bonchev–Trinajstić information content (AvgIpc) is 3.03. The van der Waals surface area contributed by atoms with Gasteiger partial charge in [0.05, 0.1) is 5.92 Å². The van der Waals surface area contributed by atoms with Gasteiger partial charge in [0.1, 0.15) is 5.01 Å². The second kappa shape index (κ2) is 8.41. The number of hydrogen-bond donors (Lipinski definition) is 1. The fraction of sp³-hybridized carbons (Fsp3) is 0.750. The van der Waals surface area contributed by atoms with E-state index in [1.807, 2.05) is 0 Å². The lowest BCUT2D eigenvalue weighted by molar-refractivity contribution is -0.121. The van der Waals surface area contributed by atoms with Crippen molar-refractivity contribution in [1.29, 1.82) is 0 Å². The van der Waals surface area contributed by atoms with E-state index in [9.17, 15) is 9.59 Å². The number of nitrogens with zero attached hydrogens (tertiary/aromatic N) is 4. The molecule has 1 aromatic rings. The van der Waals surface area contributed by atoms with Crippen LogP contribution in [-0.2, 0) is 4.79 Å². The zero-order valence-corrected chi connectivity index (χ0v) is 15.7. The van der Waals surface area contributed by atoms with E-state index in [1.165, 1.54) is 11.3 Å². The van der Waals surface area contributed by atoms with Gasteiger partial charge >= 0.3 is 6.03 Å². The number of rotatable bonds is 5. The normalized spacial score (nSPS) is 17.9. The Kier molecular flexibility index (Phi) is 6.53. The lowest BCUT2D eigenvalue weighted by Gasteiger charge is -2.33. The van der Waals surface area contributed by atoms with Crippen LogP contribution >= 0.6 is 11.3 Å². The van der Waals surface area contributed by atoms with E-state index in [-0.39, 0.29) is 17.9 Å². The van der Waals surface area contributed by atoms with E-state index in [0.717, 1.165) is 30.7 Å². The molecule has 1 aliphatic rings. The van der Waals surface area contributed by atoms with E-state index in [1.54, 1.807) is 23.9 Å². The molecule has 1 aliphatic heterocycles. The molecule has 0 bridgehead atoms. The molecule has 1 aromatic heterocycles. The molecule has 0 saturated carbocycles. The predicted octanol–water partition coefficient (Wildman–Crippen LogP) is 2.77. The fourth-order valence-electron chi connectivity index (χ4n) is 2.94. The summed E-state index contributed by atoms with van der Waals surface area (Å²) in [6.07, 6.45) is 3.67. The van der Waals surface area contributed by atoms with E-state index in [4.69, 9.17) is 0 Å². The quantitative estimate of drug-likeness (QED) is 0.883. The Balaban J connectivity index is 1.95. The van der Waals surface area contributed by atoms with Gasteiger partial charge in [0.2, 0.25) is 11.0 Å². The van der Waals surface area contributed by atoms with Crippen molar-refractivity contribution in [3.8, 4) is 0 Å². The monoisotopic (exact) mass is 353 g/mol. The van der Waals surface area contributed by atoms with Crippen LogP contribution < -0.4 is 5.32 Å². The number of piperidine rings is 1. The van der Waals surface area contributed by atoms with E-state index in [0.29, 0.717) is 24.1 Å². The highest BCUT2D eigenvalue weighted by Crippen LogP contribution is 2.28. The molecule has 3 amide bonds. The third kappa shape index (κ3) is 4.43. The number of carbonyl (C=O) groups is 2. The molecule has 1 fully saturated rings. The maximum Gasteiger partial charge on any atom is 0.319 e. The number of nitrogens with one attached hydrogen (secondary N) is 1. The van der Waals surface area contributed by atoms with Crippen molar-refractivity contribution in [3.05, 3.63) is 5.01 Å². The van der Waals surface area contributed by atoms with Crippen LogP contribution in [0.5, 0.6) is 0 Å². The minimum Gasteiger partial charge on any atom is -0.331 e. The largest absolute Gasteiger partial charge is 0.331 e. The Morgan fingerprint density at radius 2 is 2.04 bits per heavy atom. The van der Waals surface area contributed by atoms with Gasteiger partial charge in [0.15, 0.2) is 0 Å². The van der Waals surface area contributed by atoms with Crippen molar-refractivity contribution < 1.29 is 9.59 Å². The van der Waals surface area contributed by atoms with Crippen molar-refractivity contribution in [2.75, 3.05) is 32.5 Å². The van der Waals surface area contributed by atoms with Crippen molar-refractivity contribution in [1.82, 2.24) is 20.0 Å². The van der Waals surface area contributed by atoms with Gasteiger partial charge in [-0.2, -0.15) is 0 Å². The van der Waals surface area contributed by atoms with Crippen LogP contribution in [0.4, 0.5) is 9.93 Å². The van der Waals surface area contributed by atoms with Crippen LogP contribution in [0.25, 0.3) is 0 Å². The van der Waals surface area contributed by atoms with Gasteiger partial charge in [-0.15, -0.1) is 10.2 Å². The summed E-state index contributed by atoms with van der Waals surface area (Å²) >= 11 is 1.45. The van der Waals surface area contributed by atoms with Crippen LogP contribution in [0.1, 0.15) is 50.5 Å². The summed E-state index contributed by atoms with van der Waals surface area (Å²) in [5.41, 5.74) is 0. The van der Waals surface area contributed by atoms with Gasteiger partial charge in [-0.3, -0.25) is 4.79 Å². The minimum absolute atomic E-state index is 0.0422. The molecule has 24 heavy (non-hydrogen) atoms. The highest BCUT2D eigenvalue weighted by Gasteiger charge is 2.29. The molecule has 7 nitrogen and oxygen atoms in total. The molecule has 0 unspecified atom stereocenters. The molecule has 134 valence electrons. The predicted molar refractivity (Wildman–Crippen MR) is 95.2 cm³/mol. The number of likely N-dealkylation sites (tertiary alicyclic amines) is 1. The lowest BCUT2D eigenvalue weighted by Crippen LogP contribution is -2.47. The molecule has 0 radical (unpaired) electrons. The van der Waals surface area contributed by atoms with Gasteiger partial charge in [0.25, 0.3) is 0 Å². The molecule has 2 heterocycles. The van der Waals surface area contributed by atoms with Crippen LogP contribution in [0, 0.1) is 5.92 Å². The minimum atomic E-state index is -0.192. The summed E-state index contributed by atoms with van der Waals surface area (Å²) in [6.45, 7) is 5.43. The smallest absolute Gasteiger partial charge is 0.319 e. The summed E-state index contributed by atoms with van der Waals surface area (Å²) in [5, 5.41) is 12.7. The maximum absolute atomic E-state index is 12.5. The molecule has 0 aromatic carbocycles. The number of hydrogen-bond acceptors (Lipinski definition) is 5. The average molecular weight is 353 g/mol. The summed E-state index contributed by atoms with van der Waals surface area (Å²) in [4.78, 5) is 27.9. The summed E-state index contributed by atoms with van der Waals surface area (Å²) in [7, 11) is 3.46. The third-order valence-electron chi connectivity index (χ3n) is 4.45. The second-order valence-corrected chi connectivity index (χ2v) is 7.42. The Labute approximate surface area is 147 Å². The van der Waals surface area contributed by atoms with E-state index >= 15 is 0 Å². The second-order valence-electron chi connectivity index (χ2n) is 6.41. The Hall–Kier alpha value is -1.70. The topological polar surface area (TPSA) is 78.4 Å². The maximum atomic E-state index is 12.5. The van der Waals surface area contributed by atoms with Gasteiger partial charge in [-0.05, 0) is 25.7 Å². The zero-order chi connectivity index (χ0) is 17.7. The molecule has 1 atom stereocenters. The van der Waals surface area contributed by atoms with Crippen molar-refractivity contribution in [2.24, 2.45) is 5.92 Å². The van der Waals surface area contributed by atoms with Crippen LogP contribution in [-0.4, -0.2) is 59.1 Å². The summed E-state index contributed by atoms with van der Waals surface area (Å²) in [6, 6.07) is -0.0422. The number of carbonyl (C=O) groups excluding carboxylic acids is 2. The molecular formula is C16H27N5O2S. The van der Waals surface area contributed by atoms with Gasteiger partial charge in [-0.1, -0.05) is 25.2 Å². The first kappa shape index (κ1) is 18.6. The summed E-state index contributed by atoms with van der Waals surface area (Å²) in [5.74, 6) is 0.137. The fourth-order valence-corrected chi connectivity index (χ4v) is 3.96. The summed E-state index contributed by atoms with van der Waals surface area (Å²) < 4.78 is 0.